The van der Waals surface area contributed by atoms with Crippen LogP contribution in [0.15, 0.2) is 5.18 Å². The first-order chi connectivity index (χ1) is 7.35. The Morgan fingerprint density at radius 2 is 2.19 bits per heavy atom. The highest BCUT2D eigenvalue weighted by molar-refractivity contribution is 6.21. The summed E-state index contributed by atoms with van der Waals surface area (Å²) in [5.74, 6) is 0. The molecule has 16 heavy (non-hydrogen) atoms. The molecule has 0 spiro atoms. The van der Waals surface area contributed by atoms with Crippen LogP contribution in [0.3, 0.4) is 0 Å². The summed E-state index contributed by atoms with van der Waals surface area (Å²) in [4.78, 5) is 23.7. The van der Waals surface area contributed by atoms with Gasteiger partial charge in [-0.25, -0.2) is 4.79 Å². The summed E-state index contributed by atoms with van der Waals surface area (Å²) in [6, 6.07) is -0.339. The number of hydrogen-bond donors (Lipinski definition) is 0. The van der Waals surface area contributed by atoms with Crippen molar-refractivity contribution in [1.82, 2.24) is 4.90 Å². The van der Waals surface area contributed by atoms with Crippen LogP contribution in [0.5, 0.6) is 0 Å². The highest BCUT2D eigenvalue weighted by Crippen LogP contribution is 2.25. The number of hydrogen-bond acceptors (Lipinski definition) is 4. The minimum Gasteiger partial charge on any atom is -0.444 e. The van der Waals surface area contributed by atoms with Crippen LogP contribution in [0.4, 0.5) is 4.79 Å². The molecule has 0 saturated carbocycles. The second kappa shape index (κ2) is 4.99. The predicted octanol–water partition coefficient (Wildman–Crippen LogP) is 2.72. The van der Waals surface area contributed by atoms with E-state index in [0.29, 0.717) is 13.0 Å². The van der Waals surface area contributed by atoms with Crippen LogP contribution in [-0.4, -0.2) is 34.7 Å². The van der Waals surface area contributed by atoms with Gasteiger partial charge < -0.3 is 9.64 Å². The minimum absolute atomic E-state index is 0.339. The Bertz CT molecular complexity index is 278. The summed E-state index contributed by atoms with van der Waals surface area (Å²) in [5.41, 5.74) is -1.43. The number of amides is 1. The second-order valence-corrected chi connectivity index (χ2v) is 5.31. The normalized spacial score (nSPS) is 23.0. The second-order valence-electron chi connectivity index (χ2n) is 4.86. The molecule has 0 N–H and O–H groups in total. The highest BCUT2D eigenvalue weighted by atomic mass is 35.5. The summed E-state index contributed by atoms with van der Waals surface area (Å²) in [5, 5.41) is 2.77. The van der Waals surface area contributed by atoms with E-state index >= 15 is 0 Å². The molecule has 5 nitrogen and oxygen atoms in total. The summed E-state index contributed by atoms with van der Waals surface area (Å²) < 4.78 is 5.23. The van der Waals surface area contributed by atoms with Gasteiger partial charge in [-0.05, 0) is 38.8 Å². The first-order valence-corrected chi connectivity index (χ1v) is 5.75. The molecule has 6 heteroatoms. The number of carbonyl (C=O) groups excluding carboxylic acids is 1. The molecule has 0 aliphatic carbocycles. The Kier molecular flexibility index (Phi) is 4.13. The highest BCUT2D eigenvalue weighted by Gasteiger charge is 2.36. The fourth-order valence-electron chi connectivity index (χ4n) is 1.70. The van der Waals surface area contributed by atoms with E-state index in [0.717, 1.165) is 6.42 Å². The largest absolute Gasteiger partial charge is 0.444 e. The van der Waals surface area contributed by atoms with Crippen LogP contribution >= 0.6 is 11.6 Å². The van der Waals surface area contributed by atoms with Crippen molar-refractivity contribution in [3.05, 3.63) is 4.91 Å². The van der Waals surface area contributed by atoms with E-state index in [-0.39, 0.29) is 6.04 Å². The Balaban J connectivity index is 2.64. The molecule has 0 aromatic heterocycles. The summed E-state index contributed by atoms with van der Waals surface area (Å²) in [6.07, 6.45) is 1.09. The van der Waals surface area contributed by atoms with Crippen molar-refractivity contribution in [3.63, 3.8) is 0 Å². The molecular weight excluding hydrogens is 232 g/mol. The van der Waals surface area contributed by atoms with Gasteiger partial charge >= 0.3 is 6.09 Å². The fraction of sp³-hybridized carbons (Fsp3) is 0.900. The zero-order chi connectivity index (χ0) is 12.3. The van der Waals surface area contributed by atoms with Gasteiger partial charge in [-0.3, -0.25) is 0 Å². The molecule has 1 fully saturated rings. The number of nitrogens with zero attached hydrogens (tertiary/aromatic N) is 2. The number of rotatable bonds is 2. The smallest absolute Gasteiger partial charge is 0.410 e. The Morgan fingerprint density at radius 1 is 1.56 bits per heavy atom. The zero-order valence-electron chi connectivity index (χ0n) is 9.77. The number of ether oxygens (including phenoxy) is 1. The number of carbonyl (C=O) groups is 1. The van der Waals surface area contributed by atoms with Gasteiger partial charge in [-0.15, -0.1) is 4.91 Å². The standard InChI is InChI=1S/C10H17ClN2O3/c1-10(2,3)16-9(14)13-6-4-5-7(13)8(11)12-15/h7-8H,4-6H2,1-3H3/t7-,8?/m0/s1. The van der Waals surface area contributed by atoms with Crippen LogP contribution in [0.1, 0.15) is 33.6 Å². The average Bonchev–Trinajstić information content (AvgIpc) is 2.62. The lowest BCUT2D eigenvalue weighted by Crippen LogP contribution is -2.43. The molecule has 2 atom stereocenters. The third kappa shape index (κ3) is 3.33. The summed E-state index contributed by atoms with van der Waals surface area (Å²) in [6.45, 7) is 5.96. The first-order valence-electron chi connectivity index (χ1n) is 5.31. The van der Waals surface area contributed by atoms with E-state index in [1.54, 1.807) is 20.8 Å². The fourth-order valence-corrected chi connectivity index (χ4v) is 1.96. The van der Waals surface area contributed by atoms with Gasteiger partial charge in [0.25, 0.3) is 0 Å². The van der Waals surface area contributed by atoms with Crippen LogP contribution in [-0.2, 0) is 4.74 Å². The number of halogens is 1. The topological polar surface area (TPSA) is 59.0 Å². The molecule has 1 aliphatic rings. The maximum Gasteiger partial charge on any atom is 0.410 e. The number of nitroso groups, excluding NO2 is 1. The maximum absolute atomic E-state index is 11.8. The molecule has 1 rings (SSSR count). The van der Waals surface area contributed by atoms with Crippen molar-refractivity contribution in [1.29, 1.82) is 0 Å². The third-order valence-electron chi connectivity index (χ3n) is 2.35. The van der Waals surface area contributed by atoms with E-state index in [1.807, 2.05) is 0 Å². The van der Waals surface area contributed by atoms with Crippen molar-refractivity contribution >= 4 is 17.7 Å². The lowest BCUT2D eigenvalue weighted by Gasteiger charge is -2.28. The quantitative estimate of drug-likeness (QED) is 0.429. The molecule has 92 valence electrons. The predicted molar refractivity (Wildman–Crippen MR) is 61.4 cm³/mol. The Morgan fingerprint density at radius 3 is 2.69 bits per heavy atom. The van der Waals surface area contributed by atoms with Crippen molar-refractivity contribution in [2.45, 2.75) is 50.8 Å². The van der Waals surface area contributed by atoms with Crippen molar-refractivity contribution in [2.24, 2.45) is 5.18 Å². The third-order valence-corrected chi connectivity index (χ3v) is 2.72. The first kappa shape index (κ1) is 13.2. The van der Waals surface area contributed by atoms with Gasteiger partial charge in [0, 0.05) is 6.54 Å². The average molecular weight is 249 g/mol. The summed E-state index contributed by atoms with van der Waals surface area (Å²) in [7, 11) is 0. The van der Waals surface area contributed by atoms with Gasteiger partial charge in [0.05, 0.1) is 6.04 Å². The zero-order valence-corrected chi connectivity index (χ0v) is 10.5. The van der Waals surface area contributed by atoms with E-state index in [2.05, 4.69) is 5.18 Å². The number of likely N-dealkylation sites (tertiary alicyclic amines) is 1. The lowest BCUT2D eigenvalue weighted by atomic mass is 10.2. The Hall–Kier alpha value is -0.840. The number of alkyl halides is 1. The molecule has 0 aromatic rings. The molecule has 1 heterocycles. The maximum atomic E-state index is 11.8. The van der Waals surface area contributed by atoms with Gasteiger partial charge in [-0.1, -0.05) is 11.6 Å². The van der Waals surface area contributed by atoms with Gasteiger partial charge in [0.15, 0.2) is 5.50 Å². The molecule has 0 aromatic carbocycles. The van der Waals surface area contributed by atoms with Crippen LogP contribution < -0.4 is 0 Å². The van der Waals surface area contributed by atoms with Crippen molar-refractivity contribution in [2.75, 3.05) is 6.54 Å². The Labute approximate surface area is 100 Å². The van der Waals surface area contributed by atoms with Crippen molar-refractivity contribution < 1.29 is 9.53 Å². The monoisotopic (exact) mass is 248 g/mol. The molecule has 1 amide bonds. The van der Waals surface area contributed by atoms with Gasteiger partial charge in [0.2, 0.25) is 0 Å². The molecule has 0 bridgehead atoms. The van der Waals surface area contributed by atoms with E-state index in [1.165, 1.54) is 4.90 Å². The van der Waals surface area contributed by atoms with Gasteiger partial charge in [0.1, 0.15) is 5.60 Å². The van der Waals surface area contributed by atoms with Crippen LogP contribution in [0.2, 0.25) is 0 Å². The van der Waals surface area contributed by atoms with Crippen molar-refractivity contribution in [3.8, 4) is 0 Å². The van der Waals surface area contributed by atoms with E-state index in [9.17, 15) is 9.70 Å². The van der Waals surface area contributed by atoms with Crippen LogP contribution in [0, 0.1) is 4.91 Å². The lowest BCUT2D eigenvalue weighted by molar-refractivity contribution is 0.0224. The van der Waals surface area contributed by atoms with Gasteiger partial charge in [-0.2, -0.15) is 0 Å². The SMILES string of the molecule is CC(C)(C)OC(=O)N1CCC[C@H]1C(Cl)N=O. The molecule has 1 saturated heterocycles. The minimum atomic E-state index is -0.894. The molecular formula is C10H17ClN2O3. The van der Waals surface area contributed by atoms with Crippen LogP contribution in [0.25, 0.3) is 0 Å². The molecule has 0 radical (unpaired) electrons. The molecule has 1 aliphatic heterocycles. The van der Waals surface area contributed by atoms with E-state index in [4.69, 9.17) is 16.3 Å². The van der Waals surface area contributed by atoms with E-state index < -0.39 is 17.2 Å². The molecule has 1 unspecified atom stereocenters. The summed E-state index contributed by atoms with van der Waals surface area (Å²) >= 11 is 5.75.